The van der Waals surface area contributed by atoms with E-state index in [1.807, 2.05) is 0 Å². The van der Waals surface area contributed by atoms with Crippen LogP contribution in [0.1, 0.15) is 0 Å². The van der Waals surface area contributed by atoms with Crippen LogP contribution < -0.4 is 23.4 Å². The fourth-order valence-electron chi connectivity index (χ4n) is 0. The first-order valence-corrected chi connectivity index (χ1v) is 1.62. The maximum Gasteiger partial charge on any atom is -0.185 e. The minimum absolute atomic E-state index is 1.50. The van der Waals surface area contributed by atoms with Crippen molar-refractivity contribution in [1.82, 2.24) is 0 Å². The molecule has 0 saturated heterocycles. The Labute approximate surface area is 56.5 Å². The average molecular weight is 150 g/mol. The zero-order valence-corrected chi connectivity index (χ0v) is 5.25. The van der Waals surface area contributed by atoms with Gasteiger partial charge in [-0.1, -0.05) is 0 Å². The van der Waals surface area contributed by atoms with E-state index in [2.05, 4.69) is 23.4 Å². The lowest BCUT2D eigenvalue weighted by Crippen LogP contribution is -2.59. The molecule has 0 aromatic carbocycles. The molecule has 0 amide bonds. The normalized spacial score (nSPS) is 2.80. The van der Waals surface area contributed by atoms with Crippen LogP contribution in [-0.2, 0) is 0 Å². The lowest BCUT2D eigenvalue weighted by molar-refractivity contribution is -0.379. The Balaban J connectivity index is -0.0000000246. The fourth-order valence-corrected chi connectivity index (χ4v) is 0. The second-order valence-electron chi connectivity index (χ2n) is 0.179. The first-order chi connectivity index (χ1) is 4.83. The van der Waals surface area contributed by atoms with Crippen molar-refractivity contribution >= 4 is 0 Å². The van der Waals surface area contributed by atoms with E-state index in [0.29, 0.717) is 0 Å². The van der Waals surface area contributed by atoms with Crippen LogP contribution in [0.5, 0.6) is 0 Å². The first kappa shape index (κ1) is 23.7. The van der Waals surface area contributed by atoms with Crippen LogP contribution >= 0.6 is 0 Å². The lowest BCUT2D eigenvalue weighted by atomic mass is 13.0. The zero-order valence-electron chi connectivity index (χ0n) is 5.25. The molecule has 0 saturated carbocycles. The monoisotopic (exact) mass is 150 g/mol. The fraction of sp³-hybridized carbons (Fsp3) is 0. The Hall–Kier alpha value is -1.54. The van der Waals surface area contributed by atoms with Crippen molar-refractivity contribution in [3.05, 3.63) is 31.9 Å². The molecule has 0 aromatic heterocycles. The topological polar surface area (TPSA) is 225 Å². The van der Waals surface area contributed by atoms with E-state index >= 15 is 0 Å². The zero-order chi connectivity index (χ0) is 9.41. The molecule has 60 valence electrons. The molecule has 0 heterocycles. The second-order valence-corrected chi connectivity index (χ2v) is 0.179. The Bertz CT molecular complexity index is 54.0. The first-order valence-electron chi connectivity index (χ1n) is 1.62. The van der Waals surface area contributed by atoms with Crippen molar-refractivity contribution < 1.29 is 11.7 Å². The molecule has 0 aliphatic rings. The van der Waals surface area contributed by atoms with Crippen molar-refractivity contribution in [2.24, 2.45) is 11.7 Å². The van der Waals surface area contributed by atoms with Crippen LogP contribution in [0.2, 0.25) is 0 Å². The molecule has 10 N–H and O–H groups in total. The summed E-state index contributed by atoms with van der Waals surface area (Å²) in [6.07, 6.45) is 0. The Kier molecular flexibility index (Phi) is 3480. The Morgan fingerprint density at radius 2 is 0.700 bits per heavy atom. The van der Waals surface area contributed by atoms with Gasteiger partial charge in [0, 0.05) is 0 Å². The van der Waals surface area contributed by atoms with Crippen LogP contribution in [0.25, 0.3) is 31.9 Å². The maximum atomic E-state index is 6.75. The van der Waals surface area contributed by atoms with Gasteiger partial charge < -0.3 is 22.1 Å². The molecule has 10 heteroatoms. The van der Waals surface area contributed by atoms with E-state index in [-0.39, 0.29) is 0 Å². The molecular weight excluding hydrogens is 140 g/mol. The van der Waals surface area contributed by atoms with Gasteiger partial charge in [0.2, 0.25) is 0 Å². The van der Waals surface area contributed by atoms with Crippen molar-refractivity contribution in [3.63, 3.8) is 0 Å². The summed E-state index contributed by atoms with van der Waals surface area (Å²) in [5.41, 5.74) is 27.0. The average Bonchev–Trinajstić information content (AvgIpc) is 1.99. The van der Waals surface area contributed by atoms with Crippen LogP contribution in [-0.4, -0.2) is 0 Å². The van der Waals surface area contributed by atoms with Crippen LogP contribution in [0, 0.1) is 0 Å². The molecule has 0 aromatic rings. The van der Waals surface area contributed by atoms with Crippen molar-refractivity contribution in [2.45, 2.75) is 0 Å². The number of hydrogen-bond acceptors (Lipinski definition) is 2. The highest BCUT2D eigenvalue weighted by molar-refractivity contribution is 4.36. The highest BCUT2D eigenvalue weighted by Gasteiger charge is 0.769. The summed E-state index contributed by atoms with van der Waals surface area (Å²) in [4.78, 5) is 3.00. The summed E-state index contributed by atoms with van der Waals surface area (Å²) in [6, 6.07) is 0. The number of nitrogens with two attached hydrogens (primary N) is 2. The van der Waals surface area contributed by atoms with Gasteiger partial charge in [0.15, 0.2) is 0 Å². The Morgan fingerprint density at radius 3 is 0.700 bits per heavy atom. The van der Waals surface area contributed by atoms with Gasteiger partial charge in [0.05, 0.1) is 0 Å². The number of quaternary nitrogens is 2. The minimum atomic E-state index is 1.50. The maximum absolute atomic E-state index is 6.75. The van der Waals surface area contributed by atoms with E-state index in [0.717, 1.165) is 0 Å². The molecule has 0 atom stereocenters. The molecule has 0 bridgehead atoms. The van der Waals surface area contributed by atoms with Crippen LogP contribution in [0.3, 0.4) is 0 Å². The predicted molar refractivity (Wildman–Crippen MR) is 34.3 cm³/mol. The third-order valence-electron chi connectivity index (χ3n) is 0. The highest BCUT2D eigenvalue weighted by atomic mass is 15.0. The molecule has 10 heavy (non-hydrogen) atoms. The van der Waals surface area contributed by atoms with E-state index in [1.165, 1.54) is 9.82 Å². The molecule has 0 aliphatic carbocycles. The predicted octanol–water partition coefficient (Wildman–Crippen LogP) is -2.06. The smallest absolute Gasteiger partial charge is 0.185 e. The number of hydrogen-bond donors (Lipinski definition) is 4. The van der Waals surface area contributed by atoms with E-state index in [1.54, 1.807) is 0 Å². The SMILES string of the molecule is N[NH3+].N[NH3+].[N-]=[N+]=[N-].[N-]=[N+]=[N-]. The molecule has 0 spiro atoms. The highest BCUT2D eigenvalue weighted by Crippen LogP contribution is 1.29. The molecule has 0 unspecified atom stereocenters. The molecule has 10 nitrogen and oxygen atoms in total. The number of nitrogens with zero attached hydrogens (tertiary/aromatic N) is 6. The molecule has 0 rings (SSSR count). The van der Waals surface area contributed by atoms with Crippen LogP contribution in [0.4, 0.5) is 0 Å². The number of rotatable bonds is 0. The molecule has 0 radical (unpaired) electrons. The third-order valence-corrected chi connectivity index (χ3v) is 0. The van der Waals surface area contributed by atoms with Gasteiger partial charge in [-0.05, 0) is 0 Å². The summed E-state index contributed by atoms with van der Waals surface area (Å²) in [5, 5.41) is 0. The van der Waals surface area contributed by atoms with Gasteiger partial charge in [-0.15, -0.1) is 0 Å². The lowest BCUT2D eigenvalue weighted by Gasteiger charge is -1.32. The van der Waals surface area contributed by atoms with E-state index in [4.69, 9.17) is 22.1 Å². The summed E-state index contributed by atoms with van der Waals surface area (Å²) in [6.45, 7) is 0. The quantitative estimate of drug-likeness (QED) is 0.100. The van der Waals surface area contributed by atoms with Gasteiger partial charge in [-0.2, -0.15) is 11.7 Å². The molecule has 0 aliphatic heterocycles. The minimum Gasteiger partial charge on any atom is -0.373 e. The molecule has 0 fully saturated rings. The Morgan fingerprint density at radius 1 is 0.700 bits per heavy atom. The summed E-state index contributed by atoms with van der Waals surface area (Å²) < 4.78 is 0. The van der Waals surface area contributed by atoms with Crippen molar-refractivity contribution in [3.8, 4) is 0 Å². The molecular formula is H10N10. The van der Waals surface area contributed by atoms with E-state index < -0.39 is 0 Å². The van der Waals surface area contributed by atoms with Crippen molar-refractivity contribution in [1.29, 1.82) is 0 Å². The van der Waals surface area contributed by atoms with Gasteiger partial charge in [0.1, 0.15) is 0 Å². The standard InChI is InChI=1S/2N3.2H4N2/c2*1-3-2;2*1-2/h;;2*1-2H2/q2*-1;;/p+2. The van der Waals surface area contributed by atoms with Gasteiger partial charge in [-0.25, -0.2) is 0 Å². The third kappa shape index (κ3) is 81.2. The van der Waals surface area contributed by atoms with Crippen molar-refractivity contribution in [2.75, 3.05) is 0 Å². The summed E-state index contributed by atoms with van der Waals surface area (Å²) in [5.74, 6) is 14.0. The largest absolute Gasteiger partial charge is 0.373 e. The van der Waals surface area contributed by atoms with Gasteiger partial charge in [0.25, 0.3) is 0 Å². The second kappa shape index (κ2) is 1470. The summed E-state index contributed by atoms with van der Waals surface area (Å²) >= 11 is 0. The summed E-state index contributed by atoms with van der Waals surface area (Å²) in [7, 11) is 0. The van der Waals surface area contributed by atoms with Gasteiger partial charge in [-0.3, -0.25) is 21.5 Å². The van der Waals surface area contributed by atoms with E-state index in [9.17, 15) is 0 Å². The van der Waals surface area contributed by atoms with Gasteiger partial charge >= 0.3 is 0 Å². The van der Waals surface area contributed by atoms with Crippen LogP contribution in [0.15, 0.2) is 0 Å².